The van der Waals surface area contributed by atoms with E-state index in [2.05, 4.69) is 4.98 Å². The number of aromatic nitrogens is 1. The van der Waals surface area contributed by atoms with E-state index in [1.807, 2.05) is 24.3 Å². The van der Waals surface area contributed by atoms with Crippen molar-refractivity contribution in [1.29, 1.82) is 0 Å². The van der Waals surface area contributed by atoms with Gasteiger partial charge >= 0.3 is 0 Å². The molecule has 1 aromatic heterocycles. The molecule has 1 amide bonds. The second-order valence-corrected chi connectivity index (χ2v) is 4.02. The zero-order valence-corrected chi connectivity index (χ0v) is 9.03. The number of hydrogen-bond acceptors (Lipinski definition) is 2. The number of hydrogen-bond donors (Lipinski definition) is 3. The molecule has 84 valence electrons. The van der Waals surface area contributed by atoms with E-state index in [0.717, 1.165) is 21.8 Å². The van der Waals surface area contributed by atoms with Gasteiger partial charge in [0.1, 0.15) is 0 Å². The van der Waals surface area contributed by atoms with Crippen LogP contribution >= 0.6 is 0 Å². The number of aromatic amines is 1. The monoisotopic (exact) mass is 225 g/mol. The summed E-state index contributed by atoms with van der Waals surface area (Å²) in [5, 5.41) is 1.96. The van der Waals surface area contributed by atoms with Gasteiger partial charge < -0.3 is 16.5 Å². The smallest absolute Gasteiger partial charge is 0.248 e. The van der Waals surface area contributed by atoms with Crippen molar-refractivity contribution in [1.82, 2.24) is 4.98 Å². The normalized spacial score (nSPS) is 11.1. The van der Waals surface area contributed by atoms with Gasteiger partial charge in [0, 0.05) is 21.9 Å². The Morgan fingerprint density at radius 3 is 2.71 bits per heavy atom. The third kappa shape index (κ3) is 1.34. The maximum absolute atomic E-state index is 11.2. The Morgan fingerprint density at radius 2 is 1.94 bits per heavy atom. The molecule has 4 heteroatoms. The zero-order chi connectivity index (χ0) is 12.0. The van der Waals surface area contributed by atoms with E-state index < -0.39 is 5.91 Å². The summed E-state index contributed by atoms with van der Waals surface area (Å²) in [5.41, 5.74) is 14.2. The van der Waals surface area contributed by atoms with Crippen LogP contribution in [0.15, 0.2) is 36.4 Å². The van der Waals surface area contributed by atoms with Crippen molar-refractivity contribution in [2.24, 2.45) is 5.73 Å². The lowest BCUT2D eigenvalue weighted by atomic mass is 10.1. The van der Waals surface area contributed by atoms with Crippen LogP contribution in [0.25, 0.3) is 21.8 Å². The Balaban J connectivity index is 2.46. The summed E-state index contributed by atoms with van der Waals surface area (Å²) < 4.78 is 0. The SMILES string of the molecule is NC(=O)c1ccc2[nH]c3c(N)cccc3c2c1. The first kappa shape index (κ1) is 9.72. The summed E-state index contributed by atoms with van der Waals surface area (Å²) in [7, 11) is 0. The van der Waals surface area contributed by atoms with E-state index in [0.29, 0.717) is 11.3 Å². The topological polar surface area (TPSA) is 84.9 Å². The molecule has 0 aliphatic rings. The van der Waals surface area contributed by atoms with Crippen LogP contribution in [0.4, 0.5) is 5.69 Å². The number of fused-ring (bicyclic) bond motifs is 3. The molecule has 0 saturated carbocycles. The van der Waals surface area contributed by atoms with Crippen LogP contribution in [0, 0.1) is 0 Å². The lowest BCUT2D eigenvalue weighted by Gasteiger charge is -1.96. The average molecular weight is 225 g/mol. The number of nitrogens with two attached hydrogens (primary N) is 2. The Morgan fingerprint density at radius 1 is 1.12 bits per heavy atom. The summed E-state index contributed by atoms with van der Waals surface area (Å²) >= 11 is 0. The van der Waals surface area contributed by atoms with Crippen LogP contribution in [0.5, 0.6) is 0 Å². The molecule has 0 unspecified atom stereocenters. The summed E-state index contributed by atoms with van der Waals surface area (Å²) in [4.78, 5) is 14.4. The number of amides is 1. The molecule has 0 radical (unpaired) electrons. The lowest BCUT2D eigenvalue weighted by Crippen LogP contribution is -2.10. The minimum absolute atomic E-state index is 0.426. The van der Waals surface area contributed by atoms with Crippen LogP contribution in [0.3, 0.4) is 0 Å². The predicted octanol–water partition coefficient (Wildman–Crippen LogP) is 2.00. The number of nitrogen functional groups attached to an aromatic ring is 1. The molecular weight excluding hydrogens is 214 g/mol. The maximum atomic E-state index is 11.2. The Bertz CT molecular complexity index is 743. The van der Waals surface area contributed by atoms with Gasteiger partial charge in [-0.05, 0) is 24.3 Å². The van der Waals surface area contributed by atoms with E-state index in [1.54, 1.807) is 12.1 Å². The minimum atomic E-state index is -0.426. The van der Waals surface area contributed by atoms with Crippen LogP contribution in [-0.4, -0.2) is 10.9 Å². The van der Waals surface area contributed by atoms with E-state index >= 15 is 0 Å². The molecule has 3 rings (SSSR count). The lowest BCUT2D eigenvalue weighted by molar-refractivity contribution is 0.100. The molecule has 4 nitrogen and oxygen atoms in total. The number of para-hydroxylation sites is 1. The number of H-pyrrole nitrogens is 1. The first-order valence-electron chi connectivity index (χ1n) is 5.26. The highest BCUT2D eigenvalue weighted by Gasteiger charge is 2.08. The third-order valence-corrected chi connectivity index (χ3v) is 2.95. The highest BCUT2D eigenvalue weighted by molar-refractivity contribution is 6.12. The molecule has 0 spiro atoms. The van der Waals surface area contributed by atoms with Crippen LogP contribution in [0.2, 0.25) is 0 Å². The summed E-state index contributed by atoms with van der Waals surface area (Å²) in [6.07, 6.45) is 0. The molecule has 0 atom stereocenters. The fourth-order valence-corrected chi connectivity index (χ4v) is 2.10. The quantitative estimate of drug-likeness (QED) is 0.553. The number of benzene rings is 2. The average Bonchev–Trinajstić information content (AvgIpc) is 2.68. The number of anilines is 1. The van der Waals surface area contributed by atoms with Gasteiger partial charge in [0.05, 0.1) is 11.2 Å². The summed E-state index contributed by atoms with van der Waals surface area (Å²) in [6.45, 7) is 0. The fourth-order valence-electron chi connectivity index (χ4n) is 2.10. The van der Waals surface area contributed by atoms with Crippen molar-refractivity contribution in [3.63, 3.8) is 0 Å². The third-order valence-electron chi connectivity index (χ3n) is 2.95. The van der Waals surface area contributed by atoms with E-state index in [-0.39, 0.29) is 0 Å². The van der Waals surface area contributed by atoms with Crippen LogP contribution < -0.4 is 11.5 Å². The number of primary amides is 1. The molecule has 0 saturated heterocycles. The van der Waals surface area contributed by atoms with Crippen molar-refractivity contribution in [2.45, 2.75) is 0 Å². The van der Waals surface area contributed by atoms with Gasteiger partial charge in [-0.25, -0.2) is 0 Å². The first-order valence-corrected chi connectivity index (χ1v) is 5.26. The standard InChI is InChI=1S/C13H11N3O/c14-10-3-1-2-8-9-6-7(13(15)17)4-5-11(9)16-12(8)10/h1-6,16H,14H2,(H2,15,17). The van der Waals surface area contributed by atoms with Crippen molar-refractivity contribution in [3.05, 3.63) is 42.0 Å². The van der Waals surface area contributed by atoms with Crippen LogP contribution in [-0.2, 0) is 0 Å². The molecule has 0 bridgehead atoms. The Kier molecular flexibility index (Phi) is 1.86. The number of nitrogens with one attached hydrogen (secondary N) is 1. The van der Waals surface area contributed by atoms with Gasteiger partial charge in [-0.15, -0.1) is 0 Å². The van der Waals surface area contributed by atoms with Gasteiger partial charge in [0.25, 0.3) is 0 Å². The van der Waals surface area contributed by atoms with E-state index in [1.165, 1.54) is 0 Å². The molecule has 0 fully saturated rings. The van der Waals surface area contributed by atoms with Gasteiger partial charge in [0.15, 0.2) is 0 Å². The van der Waals surface area contributed by atoms with Gasteiger partial charge in [-0.2, -0.15) is 0 Å². The molecule has 3 aromatic rings. The largest absolute Gasteiger partial charge is 0.397 e. The Labute approximate surface area is 97.2 Å². The van der Waals surface area contributed by atoms with Crippen molar-refractivity contribution in [3.8, 4) is 0 Å². The molecule has 0 aliphatic heterocycles. The van der Waals surface area contributed by atoms with Gasteiger partial charge in [-0.1, -0.05) is 12.1 Å². The second-order valence-electron chi connectivity index (χ2n) is 4.02. The highest BCUT2D eigenvalue weighted by Crippen LogP contribution is 2.29. The van der Waals surface area contributed by atoms with Gasteiger partial charge in [-0.3, -0.25) is 4.79 Å². The molecule has 5 N–H and O–H groups in total. The number of rotatable bonds is 1. The van der Waals surface area contributed by atoms with Crippen LogP contribution in [0.1, 0.15) is 10.4 Å². The molecule has 0 aliphatic carbocycles. The molecular formula is C13H11N3O. The van der Waals surface area contributed by atoms with Crippen molar-refractivity contribution >= 4 is 33.4 Å². The Hall–Kier alpha value is -2.49. The number of carbonyl (C=O) groups is 1. The second kappa shape index (κ2) is 3.25. The molecule has 17 heavy (non-hydrogen) atoms. The number of carbonyl (C=O) groups excluding carboxylic acids is 1. The highest BCUT2D eigenvalue weighted by atomic mass is 16.1. The van der Waals surface area contributed by atoms with E-state index in [9.17, 15) is 4.79 Å². The van der Waals surface area contributed by atoms with Crippen molar-refractivity contribution in [2.75, 3.05) is 5.73 Å². The fraction of sp³-hybridized carbons (Fsp3) is 0. The first-order chi connectivity index (χ1) is 8.16. The van der Waals surface area contributed by atoms with Crippen molar-refractivity contribution < 1.29 is 4.79 Å². The molecule has 1 heterocycles. The maximum Gasteiger partial charge on any atom is 0.248 e. The van der Waals surface area contributed by atoms with Gasteiger partial charge in [0.2, 0.25) is 5.91 Å². The summed E-state index contributed by atoms with van der Waals surface area (Å²) in [5.74, 6) is -0.426. The minimum Gasteiger partial charge on any atom is -0.397 e. The summed E-state index contributed by atoms with van der Waals surface area (Å²) in [6, 6.07) is 11.0. The van der Waals surface area contributed by atoms with E-state index in [4.69, 9.17) is 11.5 Å². The predicted molar refractivity (Wildman–Crippen MR) is 68.7 cm³/mol. The zero-order valence-electron chi connectivity index (χ0n) is 9.03. The molecule has 2 aromatic carbocycles.